The van der Waals surface area contributed by atoms with Crippen LogP contribution in [0.25, 0.3) is 0 Å². The lowest BCUT2D eigenvalue weighted by Gasteiger charge is -2.34. The van der Waals surface area contributed by atoms with Crippen molar-refractivity contribution in [1.29, 1.82) is 0 Å². The molecule has 33 heavy (non-hydrogen) atoms. The maximum Gasteiger partial charge on any atom is 0.193 e. The molecule has 2 aromatic rings. The number of rotatable bonds is 7. The number of guanidine groups is 1. The van der Waals surface area contributed by atoms with Crippen LogP contribution in [0.1, 0.15) is 42.4 Å². The molecule has 0 aromatic heterocycles. The summed E-state index contributed by atoms with van der Waals surface area (Å²) in [6.45, 7) is 5.21. The monoisotopic (exact) mass is 563 g/mol. The van der Waals surface area contributed by atoms with Gasteiger partial charge in [-0.1, -0.05) is 54.6 Å². The van der Waals surface area contributed by atoms with Crippen LogP contribution >= 0.6 is 24.0 Å². The van der Waals surface area contributed by atoms with Crippen LogP contribution in [0, 0.1) is 5.92 Å². The van der Waals surface area contributed by atoms with Gasteiger partial charge in [-0.25, -0.2) is 0 Å². The first-order chi connectivity index (χ1) is 15.8. The zero-order valence-corrected chi connectivity index (χ0v) is 22.1. The predicted octanol–water partition coefficient (Wildman–Crippen LogP) is 5.03. The third-order valence-electron chi connectivity index (χ3n) is 6.59. The molecular weight excluding hydrogens is 525 g/mol. The Bertz CT molecular complexity index is 847. The Balaban J connectivity index is 0.00000306. The molecule has 4 rings (SSSR count). The van der Waals surface area contributed by atoms with Crippen LogP contribution in [-0.4, -0.2) is 50.3 Å². The minimum Gasteiger partial charge on any atom is -0.381 e. The first-order valence-corrected chi connectivity index (χ1v) is 12.1. The molecule has 2 aliphatic rings. The van der Waals surface area contributed by atoms with E-state index in [1.165, 1.54) is 36.0 Å². The van der Waals surface area contributed by atoms with Crippen LogP contribution in [0.2, 0.25) is 0 Å². The van der Waals surface area contributed by atoms with Gasteiger partial charge in [-0.3, -0.25) is 4.99 Å². The van der Waals surface area contributed by atoms with E-state index in [1.54, 1.807) is 0 Å². The van der Waals surface area contributed by atoms with Crippen molar-refractivity contribution in [3.8, 4) is 0 Å². The molecule has 2 fully saturated rings. The fourth-order valence-corrected chi connectivity index (χ4v) is 4.70. The number of hydrogen-bond donors (Lipinski definition) is 1. The fourth-order valence-electron chi connectivity index (χ4n) is 4.70. The van der Waals surface area contributed by atoms with Gasteiger partial charge in [-0.15, -0.1) is 24.0 Å². The number of ether oxygens (including phenoxy) is 2. The topological polar surface area (TPSA) is 46.1 Å². The maximum absolute atomic E-state index is 6.09. The van der Waals surface area contributed by atoms with Crippen molar-refractivity contribution >= 4 is 29.9 Å². The van der Waals surface area contributed by atoms with E-state index in [-0.39, 0.29) is 24.0 Å². The van der Waals surface area contributed by atoms with Gasteiger partial charge in [-0.2, -0.15) is 0 Å². The van der Waals surface area contributed by atoms with Crippen LogP contribution in [0.15, 0.2) is 59.6 Å². The fraction of sp³-hybridized carbons (Fsp3) is 0.519. The van der Waals surface area contributed by atoms with E-state index in [1.807, 2.05) is 7.05 Å². The third kappa shape index (κ3) is 8.26. The van der Waals surface area contributed by atoms with Crippen molar-refractivity contribution in [3.05, 3.63) is 71.3 Å². The number of benzene rings is 2. The molecule has 6 heteroatoms. The normalized spacial score (nSPS) is 18.1. The lowest BCUT2D eigenvalue weighted by Crippen LogP contribution is -2.45. The Kier molecular flexibility index (Phi) is 11.0. The molecule has 0 spiro atoms. The Hall–Kier alpha value is -1.64. The lowest BCUT2D eigenvalue weighted by atomic mass is 9.90. The lowest BCUT2D eigenvalue weighted by molar-refractivity contribution is -0.0390. The summed E-state index contributed by atoms with van der Waals surface area (Å²) in [4.78, 5) is 6.95. The molecular formula is C27H38IN3O2. The number of piperidine rings is 1. The van der Waals surface area contributed by atoms with E-state index < -0.39 is 0 Å². The van der Waals surface area contributed by atoms with Gasteiger partial charge in [0.25, 0.3) is 0 Å². The smallest absolute Gasteiger partial charge is 0.193 e. The number of nitrogens with one attached hydrogen (secondary N) is 1. The summed E-state index contributed by atoms with van der Waals surface area (Å²) in [5.74, 6) is 1.77. The molecule has 2 aliphatic heterocycles. The highest BCUT2D eigenvalue weighted by Crippen LogP contribution is 2.22. The predicted molar refractivity (Wildman–Crippen MR) is 145 cm³/mol. The summed E-state index contributed by atoms with van der Waals surface area (Å²) >= 11 is 0. The molecule has 0 atom stereocenters. The van der Waals surface area contributed by atoms with Crippen molar-refractivity contribution in [3.63, 3.8) is 0 Å². The second kappa shape index (κ2) is 13.9. The molecule has 0 bridgehead atoms. The van der Waals surface area contributed by atoms with Gasteiger partial charge in [0.15, 0.2) is 5.96 Å². The van der Waals surface area contributed by atoms with Gasteiger partial charge < -0.3 is 19.7 Å². The van der Waals surface area contributed by atoms with Crippen molar-refractivity contribution in [2.45, 2.75) is 51.4 Å². The SMILES string of the molecule is CN=C(NCc1cccc(COC2CCOCC2)c1)N1CCC(Cc2ccccc2)CC1.I. The van der Waals surface area contributed by atoms with Gasteiger partial charge in [0.2, 0.25) is 0 Å². The van der Waals surface area contributed by atoms with Gasteiger partial charge in [0, 0.05) is 39.9 Å². The standard InChI is InChI=1S/C27H37N3O2.HI/c1-28-27(30-14-10-23(11-15-30)18-22-6-3-2-4-7-22)29-20-24-8-5-9-25(19-24)21-32-26-12-16-31-17-13-26;/h2-9,19,23,26H,10-18,20-21H2,1H3,(H,28,29);1H. The summed E-state index contributed by atoms with van der Waals surface area (Å²) in [7, 11) is 1.89. The van der Waals surface area contributed by atoms with Gasteiger partial charge in [0.1, 0.15) is 0 Å². The van der Waals surface area contributed by atoms with E-state index in [4.69, 9.17) is 9.47 Å². The Morgan fingerprint density at radius 2 is 1.67 bits per heavy atom. The van der Waals surface area contributed by atoms with Gasteiger partial charge >= 0.3 is 0 Å². The van der Waals surface area contributed by atoms with Crippen molar-refractivity contribution in [2.75, 3.05) is 33.4 Å². The molecule has 0 saturated carbocycles. The van der Waals surface area contributed by atoms with E-state index in [2.05, 4.69) is 69.8 Å². The molecule has 5 nitrogen and oxygen atoms in total. The number of likely N-dealkylation sites (tertiary alicyclic amines) is 1. The van der Waals surface area contributed by atoms with E-state index in [9.17, 15) is 0 Å². The summed E-state index contributed by atoms with van der Waals surface area (Å²) in [5.41, 5.74) is 3.94. The number of aliphatic imine (C=N–C) groups is 1. The molecule has 0 unspecified atom stereocenters. The Morgan fingerprint density at radius 3 is 2.39 bits per heavy atom. The molecule has 0 radical (unpaired) electrons. The molecule has 1 N–H and O–H groups in total. The second-order valence-electron chi connectivity index (χ2n) is 8.96. The number of nitrogens with zero attached hydrogens (tertiary/aromatic N) is 2. The average molecular weight is 564 g/mol. The maximum atomic E-state index is 6.09. The van der Waals surface area contributed by atoms with E-state index in [0.717, 1.165) is 57.6 Å². The summed E-state index contributed by atoms with van der Waals surface area (Å²) in [5, 5.41) is 3.57. The summed E-state index contributed by atoms with van der Waals surface area (Å²) in [6.07, 6.45) is 5.94. The van der Waals surface area contributed by atoms with Crippen molar-refractivity contribution < 1.29 is 9.47 Å². The second-order valence-corrected chi connectivity index (χ2v) is 8.96. The Labute approximate surface area is 216 Å². The van der Waals surface area contributed by atoms with Crippen molar-refractivity contribution in [1.82, 2.24) is 10.2 Å². The van der Waals surface area contributed by atoms with E-state index >= 15 is 0 Å². The van der Waals surface area contributed by atoms with Crippen LogP contribution in [0.4, 0.5) is 0 Å². The zero-order valence-electron chi connectivity index (χ0n) is 19.7. The molecule has 2 aromatic carbocycles. The molecule has 180 valence electrons. The van der Waals surface area contributed by atoms with Crippen LogP contribution in [0.5, 0.6) is 0 Å². The largest absolute Gasteiger partial charge is 0.381 e. The van der Waals surface area contributed by atoms with Crippen LogP contribution < -0.4 is 5.32 Å². The highest BCUT2D eigenvalue weighted by molar-refractivity contribution is 14.0. The highest BCUT2D eigenvalue weighted by atomic mass is 127. The molecule has 2 heterocycles. The first-order valence-electron chi connectivity index (χ1n) is 12.1. The summed E-state index contributed by atoms with van der Waals surface area (Å²) < 4.78 is 11.5. The highest BCUT2D eigenvalue weighted by Gasteiger charge is 2.21. The number of halogens is 1. The van der Waals surface area contributed by atoms with E-state index in [0.29, 0.717) is 12.7 Å². The van der Waals surface area contributed by atoms with Crippen molar-refractivity contribution in [2.24, 2.45) is 10.9 Å². The zero-order chi connectivity index (χ0) is 22.0. The van der Waals surface area contributed by atoms with Gasteiger partial charge in [-0.05, 0) is 54.7 Å². The average Bonchev–Trinajstić information content (AvgIpc) is 2.86. The summed E-state index contributed by atoms with van der Waals surface area (Å²) in [6, 6.07) is 19.6. The molecule has 2 saturated heterocycles. The third-order valence-corrected chi connectivity index (χ3v) is 6.59. The molecule has 0 aliphatic carbocycles. The first kappa shape index (κ1) is 26.0. The Morgan fingerprint density at radius 1 is 0.970 bits per heavy atom. The quantitative estimate of drug-likeness (QED) is 0.292. The minimum atomic E-state index is 0. The molecule has 0 amide bonds. The minimum absolute atomic E-state index is 0. The van der Waals surface area contributed by atoms with Crippen LogP contribution in [-0.2, 0) is 29.0 Å². The number of hydrogen-bond acceptors (Lipinski definition) is 3. The van der Waals surface area contributed by atoms with Gasteiger partial charge in [0.05, 0.1) is 12.7 Å². The van der Waals surface area contributed by atoms with Crippen LogP contribution in [0.3, 0.4) is 0 Å².